The van der Waals surface area contributed by atoms with Crippen LogP contribution in [0.3, 0.4) is 0 Å². The highest BCUT2D eigenvalue weighted by Crippen LogP contribution is 2.34. The molecule has 2 aromatic rings. The number of halogens is 1. The van der Waals surface area contributed by atoms with E-state index in [9.17, 15) is 10.1 Å². The van der Waals surface area contributed by atoms with E-state index < -0.39 is 4.92 Å². The van der Waals surface area contributed by atoms with Crippen LogP contribution < -0.4 is 5.32 Å². The maximum Gasteiger partial charge on any atom is 0.318 e. The molecule has 1 N–H and O–H groups in total. The van der Waals surface area contributed by atoms with Gasteiger partial charge in [-0.15, -0.1) is 5.10 Å². The van der Waals surface area contributed by atoms with Crippen LogP contribution in [0.25, 0.3) is 11.4 Å². The Hall–Kier alpha value is -2.10. The van der Waals surface area contributed by atoms with Gasteiger partial charge in [0.15, 0.2) is 10.3 Å². The highest BCUT2D eigenvalue weighted by Gasteiger charge is 2.27. The second kappa shape index (κ2) is 6.12. The van der Waals surface area contributed by atoms with Crippen LogP contribution in [0.5, 0.6) is 0 Å². The van der Waals surface area contributed by atoms with E-state index in [1.54, 1.807) is 14.0 Å². The van der Waals surface area contributed by atoms with Gasteiger partial charge >= 0.3 is 5.69 Å². The van der Waals surface area contributed by atoms with Crippen molar-refractivity contribution in [2.24, 2.45) is 7.05 Å². The van der Waals surface area contributed by atoms with E-state index in [0.717, 1.165) is 6.42 Å². The SMILES string of the molecule is CCCNc1nc(C)c([N+](=O)[O-])c(-c2c(Br)nnn2C)n1. The summed E-state index contributed by atoms with van der Waals surface area (Å²) in [4.78, 5) is 19.2. The van der Waals surface area contributed by atoms with Gasteiger partial charge in [-0.2, -0.15) is 0 Å². The molecule has 0 fully saturated rings. The van der Waals surface area contributed by atoms with Crippen molar-refractivity contribution in [2.75, 3.05) is 11.9 Å². The second-order valence-electron chi connectivity index (χ2n) is 4.37. The summed E-state index contributed by atoms with van der Waals surface area (Å²) in [6, 6.07) is 0. The van der Waals surface area contributed by atoms with Gasteiger partial charge in [0.1, 0.15) is 11.4 Å². The molecule has 0 unspecified atom stereocenters. The number of nitrogens with zero attached hydrogens (tertiary/aromatic N) is 6. The molecular weight excluding hydrogens is 342 g/mol. The first-order valence-corrected chi connectivity index (χ1v) is 7.07. The van der Waals surface area contributed by atoms with Gasteiger partial charge < -0.3 is 5.32 Å². The van der Waals surface area contributed by atoms with Crippen molar-refractivity contribution >= 4 is 27.6 Å². The van der Waals surface area contributed by atoms with Crippen LogP contribution in [-0.2, 0) is 7.05 Å². The van der Waals surface area contributed by atoms with Crippen molar-refractivity contribution in [2.45, 2.75) is 20.3 Å². The molecule has 0 saturated carbocycles. The normalized spacial score (nSPS) is 10.7. The average Bonchev–Trinajstić information content (AvgIpc) is 2.74. The Bertz CT molecular complexity index is 666. The topological polar surface area (TPSA) is 112 Å². The average molecular weight is 356 g/mol. The van der Waals surface area contributed by atoms with Gasteiger partial charge in [0, 0.05) is 13.6 Å². The molecule has 112 valence electrons. The fourth-order valence-corrected chi connectivity index (χ4v) is 2.36. The fourth-order valence-electron chi connectivity index (χ4n) is 1.85. The number of anilines is 1. The van der Waals surface area contributed by atoms with Crippen LogP contribution in [0.15, 0.2) is 4.60 Å². The van der Waals surface area contributed by atoms with Crippen molar-refractivity contribution in [1.29, 1.82) is 0 Å². The second-order valence-corrected chi connectivity index (χ2v) is 5.12. The Morgan fingerprint density at radius 2 is 2.14 bits per heavy atom. The van der Waals surface area contributed by atoms with Gasteiger partial charge in [-0.25, -0.2) is 14.6 Å². The summed E-state index contributed by atoms with van der Waals surface area (Å²) in [7, 11) is 1.65. The van der Waals surface area contributed by atoms with Crippen LogP contribution in [-0.4, -0.2) is 36.4 Å². The van der Waals surface area contributed by atoms with Crippen LogP contribution in [0.4, 0.5) is 11.6 Å². The van der Waals surface area contributed by atoms with E-state index in [-0.39, 0.29) is 17.1 Å². The molecule has 9 nitrogen and oxygen atoms in total. The summed E-state index contributed by atoms with van der Waals surface area (Å²) in [5.74, 6) is 0.350. The molecular formula is C11H14BrN7O2. The highest BCUT2D eigenvalue weighted by molar-refractivity contribution is 9.10. The Morgan fingerprint density at radius 1 is 1.43 bits per heavy atom. The minimum atomic E-state index is -0.492. The lowest BCUT2D eigenvalue weighted by molar-refractivity contribution is -0.385. The van der Waals surface area contributed by atoms with E-state index >= 15 is 0 Å². The van der Waals surface area contributed by atoms with Gasteiger partial charge in [0.2, 0.25) is 5.95 Å². The zero-order valence-corrected chi connectivity index (χ0v) is 13.4. The Balaban J connectivity index is 2.66. The summed E-state index contributed by atoms with van der Waals surface area (Å²) >= 11 is 3.24. The third-order valence-corrected chi connectivity index (χ3v) is 3.32. The zero-order chi connectivity index (χ0) is 15.6. The van der Waals surface area contributed by atoms with Gasteiger partial charge in [-0.3, -0.25) is 10.1 Å². The van der Waals surface area contributed by atoms with E-state index in [0.29, 0.717) is 22.8 Å². The minimum Gasteiger partial charge on any atom is -0.354 e. The summed E-state index contributed by atoms with van der Waals surface area (Å²) in [5.41, 5.74) is 0.761. The lowest BCUT2D eigenvalue weighted by Crippen LogP contribution is -2.10. The minimum absolute atomic E-state index is 0.150. The molecule has 2 aromatic heterocycles. The lowest BCUT2D eigenvalue weighted by Gasteiger charge is -2.08. The van der Waals surface area contributed by atoms with Crippen LogP contribution in [0, 0.1) is 17.0 Å². The van der Waals surface area contributed by atoms with Crippen molar-refractivity contribution in [3.63, 3.8) is 0 Å². The summed E-state index contributed by atoms with van der Waals surface area (Å²) < 4.78 is 1.83. The Morgan fingerprint density at radius 3 is 2.67 bits per heavy atom. The van der Waals surface area contributed by atoms with E-state index in [1.807, 2.05) is 6.92 Å². The number of hydrogen-bond donors (Lipinski definition) is 1. The molecule has 0 aliphatic rings. The molecule has 0 atom stereocenters. The zero-order valence-electron chi connectivity index (χ0n) is 11.8. The van der Waals surface area contributed by atoms with Crippen molar-refractivity contribution in [3.05, 3.63) is 20.4 Å². The first kappa shape index (κ1) is 15.3. The molecule has 0 amide bonds. The summed E-state index contributed by atoms with van der Waals surface area (Å²) in [6.07, 6.45) is 0.895. The maximum atomic E-state index is 11.3. The number of hydrogen-bond acceptors (Lipinski definition) is 7. The van der Waals surface area contributed by atoms with Crippen LogP contribution >= 0.6 is 15.9 Å². The predicted octanol–water partition coefficient (Wildman–Crippen LogP) is 2.07. The molecule has 0 aromatic carbocycles. The third-order valence-electron chi connectivity index (χ3n) is 2.78. The number of aryl methyl sites for hydroxylation is 2. The smallest absolute Gasteiger partial charge is 0.318 e. The Kier molecular flexibility index (Phi) is 4.46. The predicted molar refractivity (Wildman–Crippen MR) is 79.9 cm³/mol. The van der Waals surface area contributed by atoms with Crippen molar-refractivity contribution in [1.82, 2.24) is 25.0 Å². The summed E-state index contributed by atoms with van der Waals surface area (Å²) in [5, 5.41) is 22.0. The standard InChI is InChI=1S/C11H14BrN7O2/c1-4-5-13-11-14-6(2)8(19(20)21)7(15-11)9-10(12)16-17-18(9)3/h4-5H2,1-3H3,(H,13,14,15). The van der Waals surface area contributed by atoms with Gasteiger partial charge in [-0.1, -0.05) is 12.1 Å². The van der Waals surface area contributed by atoms with E-state index in [4.69, 9.17) is 0 Å². The van der Waals surface area contributed by atoms with Gasteiger partial charge in [0.05, 0.1) is 4.92 Å². The van der Waals surface area contributed by atoms with Crippen LogP contribution in [0.1, 0.15) is 19.0 Å². The van der Waals surface area contributed by atoms with Gasteiger partial charge in [-0.05, 0) is 29.3 Å². The first-order valence-electron chi connectivity index (χ1n) is 6.28. The third kappa shape index (κ3) is 2.99. The number of nitrogens with one attached hydrogen (secondary N) is 1. The summed E-state index contributed by atoms with van der Waals surface area (Å²) in [6.45, 7) is 4.27. The molecule has 10 heteroatoms. The Labute approximate surface area is 129 Å². The highest BCUT2D eigenvalue weighted by atomic mass is 79.9. The number of nitro groups is 1. The molecule has 0 aliphatic heterocycles. The fraction of sp³-hybridized carbons (Fsp3) is 0.455. The number of rotatable bonds is 5. The maximum absolute atomic E-state index is 11.3. The molecule has 0 spiro atoms. The van der Waals surface area contributed by atoms with E-state index in [1.165, 1.54) is 4.68 Å². The molecule has 0 saturated heterocycles. The van der Waals surface area contributed by atoms with Gasteiger partial charge in [0.25, 0.3) is 0 Å². The molecule has 0 aliphatic carbocycles. The van der Waals surface area contributed by atoms with E-state index in [2.05, 4.69) is 41.5 Å². The first-order chi connectivity index (χ1) is 9.95. The molecule has 0 bridgehead atoms. The molecule has 2 heterocycles. The lowest BCUT2D eigenvalue weighted by atomic mass is 10.2. The van der Waals surface area contributed by atoms with Crippen LogP contribution in [0.2, 0.25) is 0 Å². The molecule has 21 heavy (non-hydrogen) atoms. The number of aromatic nitrogens is 5. The quantitative estimate of drug-likeness (QED) is 0.645. The monoisotopic (exact) mass is 355 g/mol. The largest absolute Gasteiger partial charge is 0.354 e. The van der Waals surface area contributed by atoms with Crippen molar-refractivity contribution in [3.8, 4) is 11.4 Å². The molecule has 2 rings (SSSR count). The van der Waals surface area contributed by atoms with Crippen molar-refractivity contribution < 1.29 is 4.92 Å². The molecule has 0 radical (unpaired) electrons.